The molecule has 0 spiro atoms. The highest BCUT2D eigenvalue weighted by Crippen LogP contribution is 2.26. The molecule has 1 amide bonds. The van der Waals surface area contributed by atoms with E-state index in [1.165, 1.54) is 86.2 Å². The van der Waals surface area contributed by atoms with Gasteiger partial charge in [0.25, 0.3) is 0 Å². The lowest BCUT2D eigenvalue weighted by molar-refractivity contribution is 0.0966. The van der Waals surface area contributed by atoms with Crippen molar-refractivity contribution in [3.63, 3.8) is 0 Å². The second-order valence-electron chi connectivity index (χ2n) is 11.3. The Labute approximate surface area is 240 Å². The second kappa shape index (κ2) is 19.1. The van der Waals surface area contributed by atoms with E-state index >= 15 is 0 Å². The Bertz CT molecular complexity index is 898. The number of furan rings is 1. The molecule has 2 rings (SSSR count). The fraction of sp³-hybridized carbons (Fsp3) is 0.676. The molecule has 0 aliphatic carbocycles. The van der Waals surface area contributed by atoms with Gasteiger partial charge in [-0.05, 0) is 62.3 Å². The lowest BCUT2D eigenvalue weighted by Gasteiger charge is -2.27. The van der Waals surface area contributed by atoms with Gasteiger partial charge in [-0.1, -0.05) is 116 Å². The van der Waals surface area contributed by atoms with Gasteiger partial charge in [0.15, 0.2) is 0 Å². The van der Waals surface area contributed by atoms with E-state index in [1.807, 2.05) is 30.3 Å². The summed E-state index contributed by atoms with van der Waals surface area (Å²) in [5, 5.41) is 4.26. The van der Waals surface area contributed by atoms with Gasteiger partial charge >= 0.3 is 6.09 Å². The molecule has 1 N–H and O–H groups in total. The molecule has 0 aliphatic rings. The van der Waals surface area contributed by atoms with Crippen LogP contribution < -0.4 is 10.7 Å². The largest absolute Gasteiger partial charge is 0.471 e. The van der Waals surface area contributed by atoms with Gasteiger partial charge in [-0.25, -0.2) is 4.79 Å². The third-order valence-electron chi connectivity index (χ3n) is 8.54. The Morgan fingerprint density at radius 2 is 1.41 bits per heavy atom. The van der Waals surface area contributed by atoms with E-state index in [1.54, 1.807) is 0 Å². The van der Waals surface area contributed by atoms with E-state index in [9.17, 15) is 4.79 Å². The van der Waals surface area contributed by atoms with Crippen LogP contribution in [-0.4, -0.2) is 20.3 Å². The molecule has 1 aromatic carbocycles. The first-order valence-electron chi connectivity index (χ1n) is 16.2. The first-order chi connectivity index (χ1) is 19.0. The third-order valence-corrected chi connectivity index (χ3v) is 14.0. The minimum Gasteiger partial charge on any atom is -0.471 e. The Morgan fingerprint density at radius 1 is 0.795 bits per heavy atom. The van der Waals surface area contributed by atoms with Crippen LogP contribution in [0.5, 0.6) is 0 Å². The Hall–Kier alpha value is -2.01. The van der Waals surface area contributed by atoms with Gasteiger partial charge in [-0.15, -0.1) is 0 Å². The van der Waals surface area contributed by atoms with Crippen LogP contribution >= 0.6 is 0 Å². The van der Waals surface area contributed by atoms with E-state index in [-0.39, 0.29) is 12.2 Å². The van der Waals surface area contributed by atoms with E-state index in [4.69, 9.17) is 9.15 Å². The Kier molecular flexibility index (Phi) is 16.3. The summed E-state index contributed by atoms with van der Waals surface area (Å²) in [5.74, 6) is 1.17. The van der Waals surface area contributed by atoms with E-state index in [2.05, 4.69) is 46.0 Å². The maximum absolute atomic E-state index is 12.7. The number of carbonyl (C=O) groups excluding carboxylic acids is 1. The summed E-state index contributed by atoms with van der Waals surface area (Å²) in [5.41, 5.74) is 2.21. The molecule has 0 fully saturated rings. The van der Waals surface area contributed by atoms with Crippen LogP contribution in [0.3, 0.4) is 0 Å². The summed E-state index contributed by atoms with van der Waals surface area (Å²) in [6.07, 6.45) is 15.7. The number of hydrogen-bond donors (Lipinski definition) is 1. The maximum Gasteiger partial charge on any atom is 0.411 e. The number of amides is 1. The van der Waals surface area contributed by atoms with Crippen LogP contribution in [0.2, 0.25) is 18.1 Å². The molecule has 1 aromatic heterocycles. The standard InChI is InChI=1S/C34H57NO3Si/c1-6-11-13-14-15-16-20-26-31(38-34(36)35-30-23-18-17-19-24-30)27-21-22-29-28-32(25-12-7-2)37-33(29)39(8-3,9-4)10-5/h17-19,23-24,28,31H,6-16,20-22,25-27H2,1-5H3,(H,35,36). The molecule has 5 heteroatoms. The number of carbonyl (C=O) groups is 1. The van der Waals surface area contributed by atoms with Gasteiger partial charge in [0, 0.05) is 12.1 Å². The van der Waals surface area contributed by atoms with E-state index < -0.39 is 8.07 Å². The number of para-hydroxylation sites is 1. The van der Waals surface area contributed by atoms with Crippen LogP contribution in [0.4, 0.5) is 10.5 Å². The van der Waals surface area contributed by atoms with Gasteiger partial charge in [-0.3, -0.25) is 5.32 Å². The SMILES string of the molecule is CCCCCCCCCC(CCCc1cc(CCCC)oc1[Si](CC)(CC)CC)OC(=O)Nc1ccccc1. The van der Waals surface area contributed by atoms with Crippen molar-refractivity contribution >= 4 is 25.2 Å². The normalized spacial score (nSPS) is 12.4. The molecule has 0 radical (unpaired) electrons. The zero-order valence-electron chi connectivity index (χ0n) is 25.8. The highest BCUT2D eigenvalue weighted by atomic mass is 28.3. The number of rotatable bonds is 21. The second-order valence-corrected chi connectivity index (χ2v) is 16.5. The minimum atomic E-state index is -1.61. The van der Waals surface area contributed by atoms with Gasteiger partial charge in [0.2, 0.25) is 0 Å². The average Bonchev–Trinajstić information content (AvgIpc) is 3.36. The molecule has 1 unspecified atom stereocenters. The minimum absolute atomic E-state index is 0.0511. The molecule has 0 aliphatic heterocycles. The molecule has 4 nitrogen and oxygen atoms in total. The summed E-state index contributed by atoms with van der Waals surface area (Å²) in [4.78, 5) is 12.7. The number of hydrogen-bond acceptors (Lipinski definition) is 3. The number of ether oxygens (including phenoxy) is 1. The summed E-state index contributed by atoms with van der Waals surface area (Å²) in [6.45, 7) is 11.6. The van der Waals surface area contributed by atoms with Crippen LogP contribution in [0.15, 0.2) is 40.8 Å². The lowest BCUT2D eigenvalue weighted by Crippen LogP contribution is -2.46. The Morgan fingerprint density at radius 3 is 2.05 bits per heavy atom. The fourth-order valence-electron chi connectivity index (χ4n) is 5.76. The first kappa shape index (κ1) is 33.2. The highest BCUT2D eigenvalue weighted by molar-refractivity contribution is 6.91. The first-order valence-corrected chi connectivity index (χ1v) is 18.8. The summed E-state index contributed by atoms with van der Waals surface area (Å²) >= 11 is 0. The number of benzene rings is 1. The average molecular weight is 556 g/mol. The van der Waals surface area contributed by atoms with Gasteiger partial charge in [0.1, 0.15) is 19.9 Å². The zero-order valence-corrected chi connectivity index (χ0v) is 26.8. The molecule has 39 heavy (non-hydrogen) atoms. The molecule has 0 saturated heterocycles. The summed E-state index contributed by atoms with van der Waals surface area (Å²) in [6, 6.07) is 15.7. The van der Waals surface area contributed by atoms with Crippen molar-refractivity contribution in [3.05, 3.63) is 47.7 Å². The van der Waals surface area contributed by atoms with E-state index in [0.29, 0.717) is 0 Å². The monoisotopic (exact) mass is 555 g/mol. The van der Waals surface area contributed by atoms with Crippen molar-refractivity contribution in [3.8, 4) is 0 Å². The van der Waals surface area contributed by atoms with Crippen molar-refractivity contribution in [1.82, 2.24) is 0 Å². The van der Waals surface area contributed by atoms with Crippen molar-refractivity contribution in [2.45, 2.75) is 149 Å². The zero-order chi connectivity index (χ0) is 28.3. The predicted octanol–water partition coefficient (Wildman–Crippen LogP) is 10.4. The van der Waals surface area contributed by atoms with Gasteiger partial charge in [-0.2, -0.15) is 0 Å². The van der Waals surface area contributed by atoms with Gasteiger partial charge < -0.3 is 9.15 Å². The molecular weight excluding hydrogens is 498 g/mol. The quantitative estimate of drug-likeness (QED) is 0.123. The smallest absolute Gasteiger partial charge is 0.411 e. The molecule has 1 atom stereocenters. The number of unbranched alkanes of at least 4 members (excludes halogenated alkanes) is 7. The fourth-order valence-corrected chi connectivity index (χ4v) is 9.45. The van der Waals surface area contributed by atoms with Crippen molar-refractivity contribution in [2.24, 2.45) is 0 Å². The topological polar surface area (TPSA) is 51.5 Å². The predicted molar refractivity (Wildman–Crippen MR) is 170 cm³/mol. The number of aryl methyl sites for hydroxylation is 2. The number of anilines is 1. The molecular formula is C34H57NO3Si. The summed E-state index contributed by atoms with van der Waals surface area (Å²) < 4.78 is 12.6. The van der Waals surface area contributed by atoms with Crippen LogP contribution in [0.25, 0.3) is 0 Å². The lowest BCUT2D eigenvalue weighted by atomic mass is 10.0. The molecule has 2 aromatic rings. The molecule has 0 saturated carbocycles. The number of nitrogens with one attached hydrogen (secondary N) is 1. The Balaban J connectivity index is 2.03. The summed E-state index contributed by atoms with van der Waals surface area (Å²) in [7, 11) is -1.61. The van der Waals surface area contributed by atoms with Gasteiger partial charge in [0.05, 0.1) is 5.38 Å². The highest BCUT2D eigenvalue weighted by Gasteiger charge is 2.35. The third kappa shape index (κ3) is 11.6. The molecule has 1 heterocycles. The molecule has 0 bridgehead atoms. The van der Waals surface area contributed by atoms with E-state index in [0.717, 1.165) is 44.2 Å². The van der Waals surface area contributed by atoms with Crippen molar-refractivity contribution in [2.75, 3.05) is 5.32 Å². The van der Waals surface area contributed by atoms with Crippen molar-refractivity contribution < 1.29 is 13.9 Å². The van der Waals surface area contributed by atoms with Crippen molar-refractivity contribution in [1.29, 1.82) is 0 Å². The maximum atomic E-state index is 12.7. The van der Waals surface area contributed by atoms with Crippen LogP contribution in [0, 0.1) is 0 Å². The van der Waals surface area contributed by atoms with Crippen LogP contribution in [-0.2, 0) is 17.6 Å². The molecule has 220 valence electrons. The van der Waals surface area contributed by atoms with Crippen LogP contribution in [0.1, 0.15) is 123 Å².